The van der Waals surface area contributed by atoms with Crippen molar-refractivity contribution in [1.82, 2.24) is 10.2 Å². The molecule has 2 amide bonds. The van der Waals surface area contributed by atoms with E-state index in [1.165, 1.54) is 0 Å². The Hall–Kier alpha value is -1.10. The van der Waals surface area contributed by atoms with Crippen LogP contribution in [0.1, 0.15) is 44.9 Å². The van der Waals surface area contributed by atoms with Crippen molar-refractivity contribution in [2.75, 3.05) is 32.8 Å². The molecule has 0 aromatic heterocycles. The van der Waals surface area contributed by atoms with Gasteiger partial charge in [-0.05, 0) is 31.6 Å². The van der Waals surface area contributed by atoms with Crippen LogP contribution in [0.3, 0.4) is 0 Å². The predicted octanol–water partition coefficient (Wildman–Crippen LogP) is 1.32. The molecule has 1 unspecified atom stereocenters. The van der Waals surface area contributed by atoms with E-state index in [1.807, 2.05) is 4.90 Å². The Morgan fingerprint density at radius 3 is 3.00 bits per heavy atom. The van der Waals surface area contributed by atoms with Crippen molar-refractivity contribution in [3.05, 3.63) is 0 Å². The van der Waals surface area contributed by atoms with Crippen molar-refractivity contribution in [1.29, 1.82) is 0 Å². The van der Waals surface area contributed by atoms with Crippen molar-refractivity contribution in [2.24, 2.45) is 5.92 Å². The van der Waals surface area contributed by atoms with E-state index in [0.717, 1.165) is 51.9 Å². The van der Waals surface area contributed by atoms with Gasteiger partial charge in [0.15, 0.2) is 0 Å². The number of hydrogen-bond acceptors (Lipinski definition) is 3. The summed E-state index contributed by atoms with van der Waals surface area (Å²) in [6, 6.07) is 0. The summed E-state index contributed by atoms with van der Waals surface area (Å²) in [5, 5.41) is 2.97. The van der Waals surface area contributed by atoms with Gasteiger partial charge < -0.3 is 15.0 Å². The molecule has 0 saturated carbocycles. The fourth-order valence-electron chi connectivity index (χ4n) is 2.83. The summed E-state index contributed by atoms with van der Waals surface area (Å²) in [4.78, 5) is 25.5. The molecular formula is C15H26N2O3. The third-order valence-corrected chi connectivity index (χ3v) is 4.12. The van der Waals surface area contributed by atoms with Gasteiger partial charge in [0, 0.05) is 39.1 Å². The molecule has 2 aliphatic heterocycles. The van der Waals surface area contributed by atoms with E-state index < -0.39 is 0 Å². The maximum absolute atomic E-state index is 11.8. The van der Waals surface area contributed by atoms with Crippen LogP contribution in [0.25, 0.3) is 0 Å². The Kier molecular flexibility index (Phi) is 6.30. The molecule has 2 aliphatic rings. The monoisotopic (exact) mass is 282 g/mol. The molecule has 20 heavy (non-hydrogen) atoms. The molecule has 1 atom stereocenters. The molecule has 0 radical (unpaired) electrons. The number of nitrogens with one attached hydrogen (secondary N) is 1. The first-order valence-corrected chi connectivity index (χ1v) is 7.88. The first kappa shape index (κ1) is 15.3. The number of nitrogens with zero attached hydrogens (tertiary/aromatic N) is 1. The van der Waals surface area contributed by atoms with Gasteiger partial charge in [-0.25, -0.2) is 0 Å². The molecule has 2 rings (SSSR count). The summed E-state index contributed by atoms with van der Waals surface area (Å²) in [5.41, 5.74) is 0. The van der Waals surface area contributed by atoms with Crippen LogP contribution in [0, 0.1) is 5.92 Å². The number of hydrogen-bond donors (Lipinski definition) is 1. The van der Waals surface area contributed by atoms with Crippen molar-refractivity contribution in [2.45, 2.75) is 44.9 Å². The lowest BCUT2D eigenvalue weighted by Crippen LogP contribution is -2.37. The highest BCUT2D eigenvalue weighted by atomic mass is 16.5. The van der Waals surface area contributed by atoms with Gasteiger partial charge in [-0.15, -0.1) is 0 Å². The van der Waals surface area contributed by atoms with Crippen molar-refractivity contribution >= 4 is 11.8 Å². The SMILES string of the molecule is O=C(CCN1CCCCCC1=O)NCC1CCCOC1. The number of rotatable bonds is 5. The zero-order valence-electron chi connectivity index (χ0n) is 12.2. The number of amides is 2. The highest BCUT2D eigenvalue weighted by molar-refractivity contribution is 5.79. The molecule has 5 heteroatoms. The third kappa shape index (κ3) is 5.12. The number of carbonyl (C=O) groups is 2. The van der Waals surface area contributed by atoms with E-state index in [0.29, 0.717) is 31.8 Å². The molecule has 0 aromatic rings. The van der Waals surface area contributed by atoms with Gasteiger partial charge in [-0.2, -0.15) is 0 Å². The molecule has 0 spiro atoms. The summed E-state index contributed by atoms with van der Waals surface area (Å²) >= 11 is 0. The Labute approximate surface area is 121 Å². The Bertz CT molecular complexity index is 327. The zero-order valence-corrected chi connectivity index (χ0v) is 12.2. The van der Waals surface area contributed by atoms with Crippen LogP contribution in [0.5, 0.6) is 0 Å². The minimum absolute atomic E-state index is 0.0487. The van der Waals surface area contributed by atoms with Crippen LogP contribution in [0.4, 0.5) is 0 Å². The summed E-state index contributed by atoms with van der Waals surface area (Å²) in [6.07, 6.45) is 6.44. The molecule has 2 heterocycles. The largest absolute Gasteiger partial charge is 0.381 e. The highest BCUT2D eigenvalue weighted by Crippen LogP contribution is 2.13. The zero-order chi connectivity index (χ0) is 14.2. The fraction of sp³-hybridized carbons (Fsp3) is 0.867. The maximum atomic E-state index is 11.8. The Balaban J connectivity index is 1.62. The van der Waals surface area contributed by atoms with E-state index in [1.54, 1.807) is 0 Å². The van der Waals surface area contributed by atoms with E-state index >= 15 is 0 Å². The van der Waals surface area contributed by atoms with Crippen molar-refractivity contribution in [3.8, 4) is 0 Å². The first-order chi connectivity index (χ1) is 9.75. The second kappa shape index (κ2) is 8.25. The lowest BCUT2D eigenvalue weighted by atomic mass is 10.0. The average molecular weight is 282 g/mol. The number of carbonyl (C=O) groups excluding carboxylic acids is 2. The average Bonchev–Trinajstić information content (AvgIpc) is 2.68. The van der Waals surface area contributed by atoms with Gasteiger partial charge in [0.05, 0.1) is 6.61 Å². The predicted molar refractivity (Wildman–Crippen MR) is 76.2 cm³/mol. The molecule has 114 valence electrons. The quantitative estimate of drug-likeness (QED) is 0.827. The van der Waals surface area contributed by atoms with Gasteiger partial charge in [0.2, 0.25) is 11.8 Å². The molecule has 0 bridgehead atoms. The van der Waals surface area contributed by atoms with Crippen LogP contribution in [-0.2, 0) is 14.3 Å². The molecular weight excluding hydrogens is 256 g/mol. The smallest absolute Gasteiger partial charge is 0.222 e. The van der Waals surface area contributed by atoms with Crippen molar-refractivity contribution < 1.29 is 14.3 Å². The lowest BCUT2D eigenvalue weighted by Gasteiger charge is -2.23. The minimum Gasteiger partial charge on any atom is -0.381 e. The van der Waals surface area contributed by atoms with Crippen LogP contribution < -0.4 is 5.32 Å². The molecule has 2 fully saturated rings. The standard InChI is InChI=1S/C15H26N2O3/c18-14(16-11-13-5-4-10-20-12-13)7-9-17-8-3-1-2-6-15(17)19/h13H,1-12H2,(H,16,18). The number of ether oxygens (including phenoxy) is 1. The van der Waals surface area contributed by atoms with E-state index in [4.69, 9.17) is 4.74 Å². The van der Waals surface area contributed by atoms with Crippen LogP contribution in [0.15, 0.2) is 0 Å². The summed E-state index contributed by atoms with van der Waals surface area (Å²) in [7, 11) is 0. The van der Waals surface area contributed by atoms with Crippen LogP contribution in [0.2, 0.25) is 0 Å². The Morgan fingerprint density at radius 2 is 2.20 bits per heavy atom. The topological polar surface area (TPSA) is 58.6 Å². The van der Waals surface area contributed by atoms with E-state index in [-0.39, 0.29) is 11.8 Å². The fourth-order valence-corrected chi connectivity index (χ4v) is 2.83. The molecule has 1 N–H and O–H groups in total. The molecule has 0 aromatic carbocycles. The van der Waals surface area contributed by atoms with E-state index in [9.17, 15) is 9.59 Å². The number of likely N-dealkylation sites (tertiary alicyclic amines) is 1. The summed E-state index contributed by atoms with van der Waals surface area (Å²) in [5.74, 6) is 0.705. The van der Waals surface area contributed by atoms with E-state index in [2.05, 4.69) is 5.32 Å². The molecule has 0 aliphatic carbocycles. The van der Waals surface area contributed by atoms with Crippen molar-refractivity contribution in [3.63, 3.8) is 0 Å². The highest BCUT2D eigenvalue weighted by Gasteiger charge is 2.18. The molecule has 5 nitrogen and oxygen atoms in total. The first-order valence-electron chi connectivity index (χ1n) is 7.88. The van der Waals surface area contributed by atoms with Gasteiger partial charge in [0.25, 0.3) is 0 Å². The van der Waals surface area contributed by atoms with Gasteiger partial charge in [-0.1, -0.05) is 6.42 Å². The second-order valence-electron chi connectivity index (χ2n) is 5.83. The molecule has 2 saturated heterocycles. The van der Waals surface area contributed by atoms with Gasteiger partial charge in [0.1, 0.15) is 0 Å². The van der Waals surface area contributed by atoms with Gasteiger partial charge >= 0.3 is 0 Å². The normalized spacial score (nSPS) is 24.3. The van der Waals surface area contributed by atoms with Gasteiger partial charge in [-0.3, -0.25) is 9.59 Å². The lowest BCUT2D eigenvalue weighted by molar-refractivity contribution is -0.131. The van der Waals surface area contributed by atoms with Crippen LogP contribution >= 0.6 is 0 Å². The second-order valence-corrected chi connectivity index (χ2v) is 5.83. The summed E-state index contributed by atoms with van der Waals surface area (Å²) in [6.45, 7) is 3.67. The third-order valence-electron chi connectivity index (χ3n) is 4.12. The van der Waals surface area contributed by atoms with Crippen LogP contribution in [-0.4, -0.2) is 49.6 Å². The Morgan fingerprint density at radius 1 is 1.30 bits per heavy atom. The maximum Gasteiger partial charge on any atom is 0.222 e. The minimum atomic E-state index is 0.0487. The summed E-state index contributed by atoms with van der Waals surface area (Å²) < 4.78 is 5.39.